The van der Waals surface area contributed by atoms with Crippen molar-refractivity contribution in [1.29, 1.82) is 0 Å². The number of nitro benzene ring substituents is 1. The molecule has 2 aromatic carbocycles. The van der Waals surface area contributed by atoms with Crippen molar-refractivity contribution in [2.24, 2.45) is 0 Å². The molecule has 9 heteroatoms. The number of benzene rings is 2. The molecular formula is C17H16ClN3O5. The maximum atomic E-state index is 12.2. The van der Waals surface area contributed by atoms with Crippen molar-refractivity contribution >= 4 is 35.0 Å². The van der Waals surface area contributed by atoms with Crippen LogP contribution in [0.15, 0.2) is 48.5 Å². The molecule has 136 valence electrons. The molecule has 0 saturated carbocycles. The lowest BCUT2D eigenvalue weighted by molar-refractivity contribution is -0.384. The highest BCUT2D eigenvalue weighted by molar-refractivity contribution is 6.31. The number of esters is 1. The van der Waals surface area contributed by atoms with E-state index >= 15 is 0 Å². The van der Waals surface area contributed by atoms with E-state index in [2.05, 4.69) is 15.4 Å². The average Bonchev–Trinajstić information content (AvgIpc) is 2.61. The Morgan fingerprint density at radius 3 is 2.42 bits per heavy atom. The highest BCUT2D eigenvalue weighted by atomic mass is 35.5. The number of hydrogen-bond donors (Lipinski definition) is 2. The number of nitrogens with one attached hydrogen (secondary N) is 2. The number of methoxy groups -OCH3 is 1. The van der Waals surface area contributed by atoms with Crippen LogP contribution in [0.3, 0.4) is 0 Å². The van der Waals surface area contributed by atoms with Gasteiger partial charge in [0, 0.05) is 22.8 Å². The van der Waals surface area contributed by atoms with Gasteiger partial charge in [-0.05, 0) is 23.8 Å². The maximum absolute atomic E-state index is 12.2. The van der Waals surface area contributed by atoms with E-state index in [1.807, 2.05) is 0 Å². The molecule has 0 aliphatic rings. The van der Waals surface area contributed by atoms with Crippen LogP contribution in [-0.4, -0.2) is 24.0 Å². The third-order valence-corrected chi connectivity index (χ3v) is 3.86. The first-order valence-corrected chi connectivity index (χ1v) is 7.91. The second-order valence-corrected chi connectivity index (χ2v) is 5.66. The Labute approximate surface area is 154 Å². The number of halogens is 1. The number of rotatable bonds is 6. The monoisotopic (exact) mass is 377 g/mol. The van der Waals surface area contributed by atoms with Gasteiger partial charge in [-0.2, -0.15) is 0 Å². The first kappa shape index (κ1) is 19.2. The predicted molar refractivity (Wildman–Crippen MR) is 96.1 cm³/mol. The van der Waals surface area contributed by atoms with Gasteiger partial charge in [0.15, 0.2) is 0 Å². The number of urea groups is 1. The van der Waals surface area contributed by atoms with E-state index < -0.39 is 23.0 Å². The van der Waals surface area contributed by atoms with Gasteiger partial charge >= 0.3 is 12.0 Å². The standard InChI is InChI=1S/C17H16ClN3O5/c1-26-16(22)10-15(13-4-2-3-5-14(13)18)20-17(23)19-11-6-8-12(9-7-11)21(24)25/h2-9,15H,10H2,1H3,(H2,19,20,23)/t15-/m0/s1. The Morgan fingerprint density at radius 2 is 1.85 bits per heavy atom. The number of nitrogens with zero attached hydrogens (tertiary/aromatic N) is 1. The fourth-order valence-electron chi connectivity index (χ4n) is 2.24. The molecule has 0 heterocycles. The van der Waals surface area contributed by atoms with Crippen molar-refractivity contribution in [3.63, 3.8) is 0 Å². The molecule has 0 aromatic heterocycles. The van der Waals surface area contributed by atoms with Gasteiger partial charge in [0.1, 0.15) is 0 Å². The third-order valence-electron chi connectivity index (χ3n) is 3.52. The highest BCUT2D eigenvalue weighted by Crippen LogP contribution is 2.25. The Hall–Kier alpha value is -3.13. The second-order valence-electron chi connectivity index (χ2n) is 5.26. The minimum atomic E-state index is -0.700. The molecule has 26 heavy (non-hydrogen) atoms. The van der Waals surface area contributed by atoms with E-state index in [1.165, 1.54) is 31.4 Å². The molecule has 2 aromatic rings. The lowest BCUT2D eigenvalue weighted by atomic mass is 10.0. The van der Waals surface area contributed by atoms with Crippen LogP contribution in [0.5, 0.6) is 0 Å². The van der Waals surface area contributed by atoms with Gasteiger partial charge in [-0.3, -0.25) is 14.9 Å². The summed E-state index contributed by atoms with van der Waals surface area (Å²) in [5, 5.41) is 16.3. The number of carbonyl (C=O) groups is 2. The number of ether oxygens (including phenoxy) is 1. The number of carbonyl (C=O) groups excluding carboxylic acids is 2. The molecule has 0 spiro atoms. The molecule has 2 amide bonds. The van der Waals surface area contributed by atoms with E-state index in [0.717, 1.165) is 0 Å². The van der Waals surface area contributed by atoms with Crippen molar-refractivity contribution in [2.45, 2.75) is 12.5 Å². The van der Waals surface area contributed by atoms with Gasteiger partial charge in [-0.15, -0.1) is 0 Å². The van der Waals surface area contributed by atoms with Crippen LogP contribution in [-0.2, 0) is 9.53 Å². The summed E-state index contributed by atoms with van der Waals surface area (Å²) in [6.07, 6.45) is -0.103. The van der Waals surface area contributed by atoms with E-state index in [1.54, 1.807) is 24.3 Å². The van der Waals surface area contributed by atoms with Crippen LogP contribution in [0.25, 0.3) is 0 Å². The van der Waals surface area contributed by atoms with Gasteiger partial charge in [0.05, 0.1) is 24.5 Å². The quantitative estimate of drug-likeness (QED) is 0.453. The van der Waals surface area contributed by atoms with Gasteiger partial charge in [-0.25, -0.2) is 4.79 Å². The number of anilines is 1. The van der Waals surface area contributed by atoms with Crippen molar-refractivity contribution in [3.8, 4) is 0 Å². The summed E-state index contributed by atoms with van der Waals surface area (Å²) in [5.41, 5.74) is 0.845. The number of nitro groups is 1. The first-order chi connectivity index (χ1) is 12.4. The molecule has 0 unspecified atom stereocenters. The van der Waals surface area contributed by atoms with E-state index in [0.29, 0.717) is 16.3 Å². The normalized spacial score (nSPS) is 11.3. The summed E-state index contributed by atoms with van der Waals surface area (Å²) in [5.74, 6) is -0.509. The van der Waals surface area contributed by atoms with Crippen molar-refractivity contribution in [1.82, 2.24) is 5.32 Å². The van der Waals surface area contributed by atoms with E-state index in [4.69, 9.17) is 11.6 Å². The van der Waals surface area contributed by atoms with Gasteiger partial charge in [0.2, 0.25) is 0 Å². The van der Waals surface area contributed by atoms with Crippen LogP contribution in [0.2, 0.25) is 5.02 Å². The molecular weight excluding hydrogens is 362 g/mol. The largest absolute Gasteiger partial charge is 0.469 e. The molecule has 0 aliphatic heterocycles. The van der Waals surface area contributed by atoms with Crippen molar-refractivity contribution < 1.29 is 19.2 Å². The fourth-order valence-corrected chi connectivity index (χ4v) is 2.51. The Balaban J connectivity index is 2.11. The molecule has 0 aliphatic carbocycles. The summed E-state index contributed by atoms with van der Waals surface area (Å²) in [6, 6.07) is 10.9. The Morgan fingerprint density at radius 1 is 1.19 bits per heavy atom. The van der Waals surface area contributed by atoms with Crippen LogP contribution in [0.1, 0.15) is 18.0 Å². The molecule has 1 atom stereocenters. The summed E-state index contributed by atoms with van der Waals surface area (Å²) >= 11 is 6.15. The molecule has 0 bridgehead atoms. The van der Waals surface area contributed by atoms with Crippen LogP contribution >= 0.6 is 11.6 Å². The van der Waals surface area contributed by atoms with Gasteiger partial charge < -0.3 is 15.4 Å². The zero-order chi connectivity index (χ0) is 19.1. The van der Waals surface area contributed by atoms with E-state index in [9.17, 15) is 19.7 Å². The molecule has 2 N–H and O–H groups in total. The molecule has 2 rings (SSSR count). The topological polar surface area (TPSA) is 111 Å². The average molecular weight is 378 g/mol. The predicted octanol–water partition coefficient (Wildman–Crippen LogP) is 3.67. The van der Waals surface area contributed by atoms with Crippen LogP contribution < -0.4 is 10.6 Å². The second kappa shape index (κ2) is 8.82. The highest BCUT2D eigenvalue weighted by Gasteiger charge is 2.21. The zero-order valence-corrected chi connectivity index (χ0v) is 14.5. The lowest BCUT2D eigenvalue weighted by Gasteiger charge is -2.19. The summed E-state index contributed by atoms with van der Waals surface area (Å²) < 4.78 is 4.66. The lowest BCUT2D eigenvalue weighted by Crippen LogP contribution is -2.34. The minimum absolute atomic E-state index is 0.0874. The molecule has 0 radical (unpaired) electrons. The van der Waals surface area contributed by atoms with Crippen molar-refractivity contribution in [2.75, 3.05) is 12.4 Å². The third kappa shape index (κ3) is 5.18. The van der Waals surface area contributed by atoms with Gasteiger partial charge in [0.25, 0.3) is 5.69 Å². The summed E-state index contributed by atoms with van der Waals surface area (Å²) in [6.45, 7) is 0. The summed E-state index contributed by atoms with van der Waals surface area (Å²) in [7, 11) is 1.25. The van der Waals surface area contributed by atoms with Crippen molar-refractivity contribution in [3.05, 3.63) is 69.2 Å². The molecule has 8 nitrogen and oxygen atoms in total. The number of non-ortho nitro benzene ring substituents is 1. The first-order valence-electron chi connectivity index (χ1n) is 7.54. The van der Waals surface area contributed by atoms with E-state index in [-0.39, 0.29) is 12.1 Å². The van der Waals surface area contributed by atoms with Gasteiger partial charge in [-0.1, -0.05) is 29.8 Å². The number of amides is 2. The molecule has 0 saturated heterocycles. The Bertz CT molecular complexity index is 810. The van der Waals surface area contributed by atoms with Crippen LogP contribution in [0, 0.1) is 10.1 Å². The minimum Gasteiger partial charge on any atom is -0.469 e. The number of hydrogen-bond acceptors (Lipinski definition) is 5. The Kier molecular flexibility index (Phi) is 6.51. The SMILES string of the molecule is COC(=O)C[C@H](NC(=O)Nc1ccc([N+](=O)[O-])cc1)c1ccccc1Cl. The zero-order valence-electron chi connectivity index (χ0n) is 13.8. The molecule has 0 fully saturated rings. The smallest absolute Gasteiger partial charge is 0.319 e. The maximum Gasteiger partial charge on any atom is 0.319 e. The fraction of sp³-hybridized carbons (Fsp3) is 0.176. The summed E-state index contributed by atoms with van der Waals surface area (Å²) in [4.78, 5) is 34.0. The van der Waals surface area contributed by atoms with Crippen LogP contribution in [0.4, 0.5) is 16.2 Å².